The van der Waals surface area contributed by atoms with Gasteiger partial charge in [-0.2, -0.15) is 0 Å². The molecule has 374 valence electrons. The number of carbonyl (C=O) groups excluding carboxylic acids is 8. The van der Waals surface area contributed by atoms with Crippen molar-refractivity contribution in [3.63, 3.8) is 0 Å². The first-order chi connectivity index (χ1) is 33.5. The summed E-state index contributed by atoms with van der Waals surface area (Å²) in [6, 6.07) is 14.9. The second-order valence-electron chi connectivity index (χ2n) is 14.0. The van der Waals surface area contributed by atoms with Crippen molar-refractivity contribution >= 4 is 47.8 Å². The molecule has 0 amide bonds. The summed E-state index contributed by atoms with van der Waals surface area (Å²) in [6.45, 7) is 6.37. The van der Waals surface area contributed by atoms with Crippen LogP contribution in [0.5, 0.6) is 23.0 Å². The Morgan fingerprint density at radius 3 is 1.09 bits per heavy atom. The highest BCUT2D eigenvalue weighted by Crippen LogP contribution is 2.40. The molecular formula is C47H51N3O20. The smallest absolute Gasteiger partial charge is 0.364 e. The molecule has 23 nitrogen and oxygen atoms in total. The van der Waals surface area contributed by atoms with Gasteiger partial charge in [0.1, 0.15) is 23.0 Å². The van der Waals surface area contributed by atoms with Crippen LogP contribution < -0.4 is 9.47 Å². The van der Waals surface area contributed by atoms with Crippen molar-refractivity contribution < 1.29 is 95.9 Å². The lowest BCUT2D eigenvalue weighted by atomic mass is 9.86. The molecule has 2 atom stereocenters. The summed E-state index contributed by atoms with van der Waals surface area (Å²) in [4.78, 5) is 122. The Hall–Kier alpha value is -8.37. The second kappa shape index (κ2) is 24.6. The highest BCUT2D eigenvalue weighted by Gasteiger charge is 2.67. The van der Waals surface area contributed by atoms with Crippen LogP contribution >= 0.6 is 0 Å². The van der Waals surface area contributed by atoms with Crippen LogP contribution in [0.15, 0.2) is 66.7 Å². The van der Waals surface area contributed by atoms with E-state index in [0.717, 1.165) is 38.5 Å². The summed E-state index contributed by atoms with van der Waals surface area (Å²) in [7, 11) is 1.79. The molecule has 4 aromatic rings. The quantitative estimate of drug-likeness (QED) is 0.0610. The van der Waals surface area contributed by atoms with Gasteiger partial charge in [0.05, 0.1) is 65.0 Å². The maximum Gasteiger partial charge on any atom is 0.364 e. The largest absolute Gasteiger partial charge is 0.507 e. The summed E-state index contributed by atoms with van der Waals surface area (Å²) < 4.78 is 52.0. The van der Waals surface area contributed by atoms with E-state index in [1.54, 1.807) is 30.3 Å². The Balaban J connectivity index is 1.94. The normalized spacial score (nSPS) is 11.9. The molecule has 0 spiro atoms. The minimum Gasteiger partial charge on any atom is -0.507 e. The minimum absolute atomic E-state index is 0.00181. The minimum atomic E-state index is -3.21. The molecule has 0 bridgehead atoms. The van der Waals surface area contributed by atoms with E-state index in [2.05, 4.69) is 15.0 Å². The number of phenols is 2. The van der Waals surface area contributed by atoms with Crippen LogP contribution in [-0.2, 0) is 76.3 Å². The number of esters is 8. The predicted molar refractivity (Wildman–Crippen MR) is 237 cm³/mol. The molecule has 1 aromatic heterocycles. The summed E-state index contributed by atoms with van der Waals surface area (Å²) in [5.41, 5.74) is -6.27. The van der Waals surface area contributed by atoms with Crippen molar-refractivity contribution in [3.05, 3.63) is 66.7 Å². The van der Waals surface area contributed by atoms with Crippen molar-refractivity contribution in [2.75, 3.05) is 53.9 Å². The molecule has 4 rings (SSSR count). The number of benzene rings is 3. The van der Waals surface area contributed by atoms with Crippen molar-refractivity contribution in [2.45, 2.75) is 52.7 Å². The molecule has 23 heteroatoms. The van der Waals surface area contributed by atoms with E-state index < -0.39 is 93.8 Å². The van der Waals surface area contributed by atoms with Crippen molar-refractivity contribution in [2.24, 2.45) is 11.8 Å². The average molecular weight is 978 g/mol. The lowest BCUT2D eigenvalue weighted by molar-refractivity contribution is -0.197. The van der Waals surface area contributed by atoms with Gasteiger partial charge in [-0.3, -0.25) is 19.2 Å². The number of nitrogens with zero attached hydrogens (tertiary/aromatic N) is 3. The van der Waals surface area contributed by atoms with Gasteiger partial charge >= 0.3 is 59.0 Å². The maximum absolute atomic E-state index is 13.8. The van der Waals surface area contributed by atoms with Crippen LogP contribution in [0.2, 0.25) is 0 Å². The maximum atomic E-state index is 13.8. The van der Waals surface area contributed by atoms with E-state index in [1.807, 2.05) is 0 Å². The topological polar surface area (TPSA) is 308 Å². The summed E-state index contributed by atoms with van der Waals surface area (Å²) >= 11 is 0. The lowest BCUT2D eigenvalue weighted by Gasteiger charge is -2.33. The van der Waals surface area contributed by atoms with Crippen molar-refractivity contribution in [1.29, 1.82) is 0 Å². The zero-order valence-electron chi connectivity index (χ0n) is 39.3. The first kappa shape index (κ1) is 54.2. The van der Waals surface area contributed by atoms with Gasteiger partial charge in [0.25, 0.3) is 0 Å². The monoisotopic (exact) mass is 977 g/mol. The third kappa shape index (κ3) is 11.5. The van der Waals surface area contributed by atoms with E-state index >= 15 is 0 Å². The molecule has 0 fully saturated rings. The number of aromatic nitrogens is 3. The molecule has 3 aromatic carbocycles. The van der Waals surface area contributed by atoms with Crippen molar-refractivity contribution in [1.82, 2.24) is 15.0 Å². The van der Waals surface area contributed by atoms with E-state index in [9.17, 15) is 48.6 Å². The van der Waals surface area contributed by atoms with Crippen molar-refractivity contribution in [3.8, 4) is 57.2 Å². The summed E-state index contributed by atoms with van der Waals surface area (Å²) in [6.07, 6.45) is 0. The number of hydrogen-bond acceptors (Lipinski definition) is 23. The molecule has 1 heterocycles. The number of hydrogen-bond donors (Lipinski definition) is 2. The lowest BCUT2D eigenvalue weighted by Crippen LogP contribution is -2.63. The number of carbonyl (C=O) groups is 8. The fourth-order valence-corrected chi connectivity index (χ4v) is 6.65. The Kier molecular flexibility index (Phi) is 19.1. The molecule has 0 saturated heterocycles. The number of rotatable bonds is 23. The average Bonchev–Trinajstić information content (AvgIpc) is 3.33. The predicted octanol–water partition coefficient (Wildman–Crippen LogP) is 3.48. The molecule has 0 saturated carbocycles. The third-order valence-corrected chi connectivity index (χ3v) is 9.69. The van der Waals surface area contributed by atoms with Crippen LogP contribution in [0.1, 0.15) is 41.5 Å². The summed E-state index contributed by atoms with van der Waals surface area (Å²) in [5.74, 6) is -19.4. The fourth-order valence-electron chi connectivity index (χ4n) is 6.65. The van der Waals surface area contributed by atoms with Gasteiger partial charge in [-0.05, 0) is 65.8 Å². The third-order valence-electron chi connectivity index (χ3n) is 9.69. The van der Waals surface area contributed by atoms with Gasteiger partial charge in [0, 0.05) is 17.7 Å². The fraction of sp³-hybridized carbons (Fsp3) is 0.383. The Bertz CT molecular complexity index is 2380. The van der Waals surface area contributed by atoms with Crippen LogP contribution in [0, 0.1) is 11.8 Å². The summed E-state index contributed by atoms with van der Waals surface area (Å²) in [5, 5.41) is 23.1. The standard InChI is InChI=1S/C47H51N3O20/c1-9-63-40(55)33(38(53)61-7)46(42(57)65-11-3,43(58)66-12-4)69-27-20-22-29(31(51)24-27)36-48-35(26-18-16-15-17-19-26)49-37(50-36)30-23-21-28(25-32(30)52)70-47(44(59)67-13-5,45(60)68-14-6)34(39(54)62-8)41(56)64-10-2/h15-25,33-34,51-52H,9-14H2,1-8H3. The molecule has 0 radical (unpaired) electrons. The van der Waals surface area contributed by atoms with Gasteiger partial charge in [0.15, 0.2) is 17.5 Å². The van der Waals surface area contributed by atoms with E-state index in [-0.39, 0.29) is 68.2 Å². The number of aromatic hydroxyl groups is 2. The molecule has 70 heavy (non-hydrogen) atoms. The molecule has 0 aliphatic rings. The van der Waals surface area contributed by atoms with E-state index in [4.69, 9.17) is 47.4 Å². The zero-order chi connectivity index (χ0) is 51.8. The molecule has 0 aliphatic carbocycles. The van der Waals surface area contributed by atoms with E-state index in [1.165, 1.54) is 53.7 Å². The molecule has 2 N–H and O–H groups in total. The van der Waals surface area contributed by atoms with Gasteiger partial charge in [0.2, 0.25) is 11.8 Å². The highest BCUT2D eigenvalue weighted by molar-refractivity contribution is 6.15. The second-order valence-corrected chi connectivity index (χ2v) is 14.0. The zero-order valence-corrected chi connectivity index (χ0v) is 39.3. The van der Waals surface area contributed by atoms with Crippen LogP contribution in [0.3, 0.4) is 0 Å². The SMILES string of the molecule is CCOC(=O)C(C(=O)OC)C(Oc1ccc(-c2nc(-c3ccccc3)nc(-c3ccc(OC(C(=O)OCC)(C(=O)OCC)C(C(=O)OC)C(=O)OCC)cc3O)n2)c(O)c1)(C(=O)OCC)C(=O)OCC. The van der Waals surface area contributed by atoms with Crippen LogP contribution in [0.25, 0.3) is 34.2 Å². The first-order valence-corrected chi connectivity index (χ1v) is 21.5. The Labute approximate surface area is 400 Å². The Morgan fingerprint density at radius 1 is 0.457 bits per heavy atom. The molecular weight excluding hydrogens is 927 g/mol. The molecule has 0 aliphatic heterocycles. The number of phenolic OH excluding ortho intramolecular Hbond substituents is 2. The van der Waals surface area contributed by atoms with Gasteiger partial charge < -0.3 is 57.6 Å². The van der Waals surface area contributed by atoms with Crippen LogP contribution in [-0.4, -0.2) is 138 Å². The van der Waals surface area contributed by atoms with Gasteiger partial charge in [-0.25, -0.2) is 34.1 Å². The highest BCUT2D eigenvalue weighted by atomic mass is 16.6. The number of methoxy groups -OCH3 is 2. The van der Waals surface area contributed by atoms with E-state index in [0.29, 0.717) is 5.56 Å². The number of ether oxygens (including phenoxy) is 10. The Morgan fingerprint density at radius 2 is 0.786 bits per heavy atom. The molecule has 2 unspecified atom stereocenters. The first-order valence-electron chi connectivity index (χ1n) is 21.5. The van der Waals surface area contributed by atoms with Crippen LogP contribution in [0.4, 0.5) is 0 Å². The van der Waals surface area contributed by atoms with Gasteiger partial charge in [-0.15, -0.1) is 0 Å². The van der Waals surface area contributed by atoms with Gasteiger partial charge in [-0.1, -0.05) is 30.3 Å².